The van der Waals surface area contributed by atoms with Crippen molar-refractivity contribution in [1.29, 1.82) is 0 Å². The van der Waals surface area contributed by atoms with Gasteiger partial charge in [0.1, 0.15) is 35.6 Å². The molecule has 1 aliphatic heterocycles. The van der Waals surface area contributed by atoms with Gasteiger partial charge in [0.2, 0.25) is 35.4 Å². The summed E-state index contributed by atoms with van der Waals surface area (Å²) in [6.45, 7) is -0.563. The van der Waals surface area contributed by atoms with Gasteiger partial charge in [-0.05, 0) is 30.9 Å². The summed E-state index contributed by atoms with van der Waals surface area (Å²) in [4.78, 5) is 97.8. The minimum absolute atomic E-state index is 0.0322. The molecule has 0 saturated heterocycles. The van der Waals surface area contributed by atoms with E-state index in [0.29, 0.717) is 5.76 Å². The second kappa shape index (κ2) is 15.9. The molecule has 4 atom stereocenters. The number of nitrogens with two attached hydrogens (primary N) is 1. The van der Waals surface area contributed by atoms with E-state index in [1.54, 1.807) is 12.1 Å². The number of hydrogen-bond acceptors (Lipinski definition) is 10. The highest BCUT2D eigenvalue weighted by Gasteiger charge is 2.34. The maximum Gasteiger partial charge on any atom is 0.271 e. The fraction of sp³-hybridized carbons (Fsp3) is 0.414. The molecule has 4 rings (SSSR count). The molecular weight excluding hydrogens is 602 g/mol. The van der Waals surface area contributed by atoms with Gasteiger partial charge >= 0.3 is 0 Å². The molecule has 1 aliphatic carbocycles. The van der Waals surface area contributed by atoms with Crippen molar-refractivity contribution in [2.24, 2.45) is 11.7 Å². The summed E-state index contributed by atoms with van der Waals surface area (Å²) >= 11 is 0. The predicted octanol–water partition coefficient (Wildman–Crippen LogP) is -2.66. The Hall–Kier alpha value is -5.61. The van der Waals surface area contributed by atoms with Gasteiger partial charge in [-0.3, -0.25) is 38.5 Å². The molecule has 1 fully saturated rings. The van der Waals surface area contributed by atoms with Crippen LogP contribution < -0.4 is 37.6 Å². The lowest BCUT2D eigenvalue weighted by molar-refractivity contribution is -0.133. The second-order valence-corrected chi connectivity index (χ2v) is 10.8. The highest BCUT2D eigenvalue weighted by atomic mass is 16.3. The average molecular weight is 638 g/mol. The van der Waals surface area contributed by atoms with Gasteiger partial charge in [0.05, 0.1) is 12.5 Å². The van der Waals surface area contributed by atoms with E-state index in [2.05, 4.69) is 41.9 Å². The lowest BCUT2D eigenvalue weighted by Gasteiger charge is -2.25. The van der Waals surface area contributed by atoms with Crippen molar-refractivity contribution in [3.63, 3.8) is 0 Å². The summed E-state index contributed by atoms with van der Waals surface area (Å²) in [7, 11) is 0. The number of nitrogens with one attached hydrogen (secondary N) is 6. The lowest BCUT2D eigenvalue weighted by atomic mass is 10.1. The topological polar surface area (TPSA) is 257 Å². The first-order valence-corrected chi connectivity index (χ1v) is 14.6. The molecule has 17 heteroatoms. The molecule has 46 heavy (non-hydrogen) atoms. The zero-order chi connectivity index (χ0) is 33.1. The number of carbonyl (C=O) groups excluding carboxylic acids is 7. The highest BCUT2D eigenvalue weighted by Crippen LogP contribution is 2.33. The molecule has 0 unspecified atom stereocenters. The number of furan rings is 1. The Morgan fingerprint density at radius 2 is 1.61 bits per heavy atom. The zero-order valence-electron chi connectivity index (χ0n) is 24.7. The van der Waals surface area contributed by atoms with Crippen molar-refractivity contribution < 1.29 is 38.0 Å². The predicted molar refractivity (Wildman–Crippen MR) is 158 cm³/mol. The third-order valence-electron chi connectivity index (χ3n) is 7.19. The first-order valence-electron chi connectivity index (χ1n) is 14.6. The van der Waals surface area contributed by atoms with Gasteiger partial charge in [0, 0.05) is 44.1 Å². The van der Waals surface area contributed by atoms with E-state index in [4.69, 9.17) is 10.2 Å². The van der Waals surface area contributed by atoms with Crippen molar-refractivity contribution in [2.45, 2.75) is 56.3 Å². The maximum absolute atomic E-state index is 13.6. The van der Waals surface area contributed by atoms with Gasteiger partial charge in [-0.2, -0.15) is 0 Å². The van der Waals surface area contributed by atoms with E-state index in [0.717, 1.165) is 25.0 Å². The molecule has 244 valence electrons. The van der Waals surface area contributed by atoms with Gasteiger partial charge < -0.3 is 42.1 Å². The molecule has 7 amide bonds. The van der Waals surface area contributed by atoms with Gasteiger partial charge in [0.25, 0.3) is 5.91 Å². The molecule has 2 aromatic heterocycles. The van der Waals surface area contributed by atoms with E-state index in [-0.39, 0.29) is 37.4 Å². The van der Waals surface area contributed by atoms with Crippen LogP contribution in [0, 0.1) is 5.92 Å². The molecule has 2 aromatic rings. The van der Waals surface area contributed by atoms with Gasteiger partial charge in [0.15, 0.2) is 0 Å². The van der Waals surface area contributed by atoms with Crippen LogP contribution in [-0.2, 0) is 35.2 Å². The monoisotopic (exact) mass is 637 g/mol. The van der Waals surface area contributed by atoms with Crippen molar-refractivity contribution in [3.05, 3.63) is 60.6 Å². The second-order valence-electron chi connectivity index (χ2n) is 10.8. The normalized spacial score (nSPS) is 24.1. The first kappa shape index (κ1) is 33.3. The number of rotatable bonds is 8. The Labute approximate surface area is 262 Å². The van der Waals surface area contributed by atoms with Gasteiger partial charge in [-0.25, -0.2) is 4.98 Å². The van der Waals surface area contributed by atoms with Crippen LogP contribution in [0.2, 0.25) is 0 Å². The Kier molecular flexibility index (Phi) is 11.5. The van der Waals surface area contributed by atoms with Crippen molar-refractivity contribution in [3.8, 4) is 0 Å². The zero-order valence-corrected chi connectivity index (χ0v) is 24.7. The number of hydrogen-bond donors (Lipinski definition) is 7. The third-order valence-corrected chi connectivity index (χ3v) is 7.19. The summed E-state index contributed by atoms with van der Waals surface area (Å²) in [5.41, 5.74) is 5.38. The first-order chi connectivity index (χ1) is 22.1. The minimum Gasteiger partial charge on any atom is -0.469 e. The summed E-state index contributed by atoms with van der Waals surface area (Å²) in [5, 5.41) is 15.2. The number of amides is 7. The summed E-state index contributed by atoms with van der Waals surface area (Å²) in [5.74, 6) is -4.76. The summed E-state index contributed by atoms with van der Waals surface area (Å²) in [6.07, 6.45) is 8.89. The molecule has 0 radical (unpaired) electrons. The quantitative estimate of drug-likeness (QED) is 0.158. The van der Waals surface area contributed by atoms with Crippen LogP contribution in [0.3, 0.4) is 0 Å². The van der Waals surface area contributed by atoms with E-state index in [9.17, 15) is 33.6 Å². The molecule has 0 spiro atoms. The van der Waals surface area contributed by atoms with Crippen LogP contribution in [0.15, 0.2) is 53.6 Å². The Morgan fingerprint density at radius 3 is 2.26 bits per heavy atom. The molecule has 3 heterocycles. The van der Waals surface area contributed by atoms with Crippen LogP contribution >= 0.6 is 0 Å². The highest BCUT2D eigenvalue weighted by molar-refractivity contribution is 6.00. The smallest absolute Gasteiger partial charge is 0.271 e. The van der Waals surface area contributed by atoms with E-state index in [1.807, 2.05) is 0 Å². The van der Waals surface area contributed by atoms with Gasteiger partial charge in [-0.15, -0.1) is 0 Å². The van der Waals surface area contributed by atoms with Crippen molar-refractivity contribution >= 4 is 41.4 Å². The minimum atomic E-state index is -1.37. The Bertz CT molecular complexity index is 1460. The number of aromatic nitrogens is 2. The molecule has 0 aromatic carbocycles. The maximum atomic E-state index is 13.6. The third kappa shape index (κ3) is 10.2. The lowest BCUT2D eigenvalue weighted by Crippen LogP contribution is -2.59. The molecule has 8 N–H and O–H groups in total. The van der Waals surface area contributed by atoms with Crippen LogP contribution in [0.5, 0.6) is 0 Å². The average Bonchev–Trinajstić information content (AvgIpc) is 3.71. The standard InChI is InChI=1S/C29H35N9O8/c30-25(41)18-7-8-33-27(43)22(15-34-26(42)21-14-31-9-10-32-21)38-29(45)20(13-17-2-1-11-46-17)37-28(44)19(12-16-3-4-16)36-24(40)6-5-23(39)35-18/h1-2,5-6,9-11,14,16,18-20,22H,3-4,7-8,12-13,15H2,(H2,30,41)(H,33,43)(H,34,42)(H,35,39)(H,36,40)(H,37,44)(H,38,45)/b6-5-/t18-,19-,20-,22-/m0/s1. The van der Waals surface area contributed by atoms with E-state index < -0.39 is 72.1 Å². The number of nitrogens with zero attached hydrogens (tertiary/aromatic N) is 2. The molecule has 2 aliphatic rings. The van der Waals surface area contributed by atoms with Crippen LogP contribution in [-0.4, -0.2) is 88.6 Å². The van der Waals surface area contributed by atoms with Crippen LogP contribution in [0.25, 0.3) is 0 Å². The van der Waals surface area contributed by atoms with E-state index >= 15 is 0 Å². The molecule has 0 bridgehead atoms. The van der Waals surface area contributed by atoms with Crippen LogP contribution in [0.1, 0.15) is 41.9 Å². The van der Waals surface area contributed by atoms with Crippen LogP contribution in [0.4, 0.5) is 0 Å². The largest absolute Gasteiger partial charge is 0.469 e. The number of primary amides is 1. The van der Waals surface area contributed by atoms with Crippen molar-refractivity contribution in [1.82, 2.24) is 41.9 Å². The Morgan fingerprint density at radius 1 is 0.891 bits per heavy atom. The van der Waals surface area contributed by atoms with Crippen molar-refractivity contribution in [2.75, 3.05) is 13.1 Å². The molecule has 17 nitrogen and oxygen atoms in total. The summed E-state index contributed by atoms with van der Waals surface area (Å²) in [6, 6.07) is -1.69. The van der Waals surface area contributed by atoms with E-state index in [1.165, 1.54) is 24.9 Å². The van der Waals surface area contributed by atoms with Gasteiger partial charge in [-0.1, -0.05) is 12.8 Å². The fourth-order valence-corrected chi connectivity index (χ4v) is 4.55. The summed E-state index contributed by atoms with van der Waals surface area (Å²) < 4.78 is 5.38. The fourth-order valence-electron chi connectivity index (χ4n) is 4.55. The Balaban J connectivity index is 1.60. The SMILES string of the molecule is NC(=O)[C@@H]1CCNC(=O)[C@H](CNC(=O)c2cnccn2)NC(=O)[C@H](Cc2ccco2)NC(=O)[C@H](CC2CC2)NC(=O)/C=C\C(=O)N1. The molecule has 1 saturated carbocycles. The number of carbonyl (C=O) groups is 7. The molecular formula is C29H35N9O8.